The summed E-state index contributed by atoms with van der Waals surface area (Å²) in [6.07, 6.45) is 6.83. The summed E-state index contributed by atoms with van der Waals surface area (Å²) in [5.74, 6) is 0.236. The van der Waals surface area contributed by atoms with Gasteiger partial charge in [-0.25, -0.2) is 0 Å². The highest BCUT2D eigenvalue weighted by molar-refractivity contribution is 6.30. The van der Waals surface area contributed by atoms with Gasteiger partial charge in [-0.05, 0) is 73.7 Å². The Bertz CT molecular complexity index is 901. The number of amides is 2. The van der Waals surface area contributed by atoms with Gasteiger partial charge in [0.2, 0.25) is 0 Å². The Hall–Kier alpha value is -2.79. The minimum atomic E-state index is -0.328. The topological polar surface area (TPSA) is 58.6 Å². The van der Waals surface area contributed by atoms with Crippen LogP contribution in [0.4, 0.5) is 0 Å². The molecule has 0 aromatic heterocycles. The third-order valence-corrected chi connectivity index (χ3v) is 5.44. The maximum absolute atomic E-state index is 13.1. The molecule has 0 radical (unpaired) electrons. The van der Waals surface area contributed by atoms with Crippen LogP contribution in [0.1, 0.15) is 54.9 Å². The van der Waals surface area contributed by atoms with Crippen LogP contribution in [0, 0.1) is 0 Å². The Labute approximate surface area is 189 Å². The van der Waals surface area contributed by atoms with Crippen molar-refractivity contribution < 1.29 is 14.3 Å². The molecule has 1 heterocycles. The zero-order valence-corrected chi connectivity index (χ0v) is 18.7. The van der Waals surface area contributed by atoms with E-state index in [1.807, 2.05) is 12.1 Å². The van der Waals surface area contributed by atoms with Gasteiger partial charge in [0.15, 0.2) is 0 Å². The van der Waals surface area contributed by atoms with Gasteiger partial charge in [-0.2, -0.15) is 0 Å². The molecule has 0 saturated carbocycles. The summed E-state index contributed by atoms with van der Waals surface area (Å²) in [6, 6.07) is 14.1. The van der Waals surface area contributed by atoms with Crippen molar-refractivity contribution in [3.05, 3.63) is 70.4 Å². The van der Waals surface area contributed by atoms with Gasteiger partial charge in [-0.1, -0.05) is 37.1 Å². The molecule has 2 aromatic carbocycles. The fourth-order valence-electron chi connectivity index (χ4n) is 3.38. The van der Waals surface area contributed by atoms with Crippen molar-refractivity contribution in [2.24, 2.45) is 0 Å². The lowest BCUT2D eigenvalue weighted by atomic mass is 10.1. The first-order valence-corrected chi connectivity index (χ1v) is 11.3. The number of carbonyl (C=O) groups excluding carboxylic acids is 2. The summed E-state index contributed by atoms with van der Waals surface area (Å²) in [6.45, 7) is 4.17. The van der Waals surface area contributed by atoms with E-state index in [1.165, 1.54) is 0 Å². The van der Waals surface area contributed by atoms with E-state index in [9.17, 15) is 9.59 Å². The van der Waals surface area contributed by atoms with Crippen molar-refractivity contribution in [1.82, 2.24) is 10.2 Å². The maximum Gasteiger partial charge on any atom is 0.270 e. The zero-order chi connectivity index (χ0) is 22.1. The highest BCUT2D eigenvalue weighted by atomic mass is 35.5. The Kier molecular flexibility index (Phi) is 8.53. The third-order valence-electron chi connectivity index (χ3n) is 5.19. The molecule has 6 heteroatoms. The summed E-state index contributed by atoms with van der Waals surface area (Å²) in [7, 11) is 0. The lowest BCUT2D eigenvalue weighted by Gasteiger charge is -2.27. The van der Waals surface area contributed by atoms with Gasteiger partial charge >= 0.3 is 0 Å². The maximum atomic E-state index is 13.1. The van der Waals surface area contributed by atoms with Gasteiger partial charge in [0.1, 0.15) is 11.4 Å². The average Bonchev–Trinajstić information content (AvgIpc) is 2.80. The van der Waals surface area contributed by atoms with Crippen LogP contribution in [0.2, 0.25) is 5.02 Å². The molecule has 0 unspecified atom stereocenters. The first kappa shape index (κ1) is 22.9. The summed E-state index contributed by atoms with van der Waals surface area (Å²) in [5.41, 5.74) is 1.53. The van der Waals surface area contributed by atoms with Gasteiger partial charge < -0.3 is 15.0 Å². The number of unbranched alkanes of at least 4 members (excludes halogenated alkanes) is 1. The minimum Gasteiger partial charge on any atom is -0.494 e. The lowest BCUT2D eigenvalue weighted by molar-refractivity contribution is -0.128. The average molecular weight is 441 g/mol. The monoisotopic (exact) mass is 440 g/mol. The Morgan fingerprint density at radius 3 is 2.35 bits per heavy atom. The smallest absolute Gasteiger partial charge is 0.270 e. The number of likely N-dealkylation sites (tertiary alicyclic amines) is 1. The summed E-state index contributed by atoms with van der Waals surface area (Å²) in [4.78, 5) is 27.8. The second-order valence-electron chi connectivity index (χ2n) is 7.64. The zero-order valence-electron chi connectivity index (χ0n) is 17.9. The van der Waals surface area contributed by atoms with Crippen LogP contribution in [0.25, 0.3) is 6.08 Å². The van der Waals surface area contributed by atoms with Crippen LogP contribution in [0.5, 0.6) is 5.75 Å². The molecule has 1 saturated heterocycles. The minimum absolute atomic E-state index is 0.164. The van der Waals surface area contributed by atoms with Gasteiger partial charge in [0.25, 0.3) is 11.8 Å². The van der Waals surface area contributed by atoms with E-state index < -0.39 is 0 Å². The predicted molar refractivity (Wildman–Crippen MR) is 124 cm³/mol. The molecular weight excluding hydrogens is 412 g/mol. The number of ether oxygens (including phenoxy) is 1. The predicted octanol–water partition coefficient (Wildman–Crippen LogP) is 5.30. The van der Waals surface area contributed by atoms with Crippen molar-refractivity contribution in [3.63, 3.8) is 0 Å². The van der Waals surface area contributed by atoms with E-state index in [0.29, 0.717) is 30.3 Å². The molecule has 164 valence electrons. The molecule has 1 N–H and O–H groups in total. The van der Waals surface area contributed by atoms with Crippen LogP contribution in [-0.2, 0) is 4.79 Å². The van der Waals surface area contributed by atoms with Crippen LogP contribution in [0.3, 0.4) is 0 Å². The number of halogens is 1. The van der Waals surface area contributed by atoms with E-state index in [2.05, 4.69) is 12.2 Å². The van der Waals surface area contributed by atoms with Crippen LogP contribution in [-0.4, -0.2) is 36.4 Å². The van der Waals surface area contributed by atoms with Crippen LogP contribution >= 0.6 is 11.6 Å². The van der Waals surface area contributed by atoms with E-state index >= 15 is 0 Å². The number of carbonyl (C=O) groups is 2. The Morgan fingerprint density at radius 1 is 1.03 bits per heavy atom. The van der Waals surface area contributed by atoms with Gasteiger partial charge in [0.05, 0.1) is 6.61 Å². The molecule has 0 aliphatic carbocycles. The van der Waals surface area contributed by atoms with E-state index in [4.69, 9.17) is 16.3 Å². The second-order valence-corrected chi connectivity index (χ2v) is 8.08. The first-order chi connectivity index (χ1) is 15.1. The standard InChI is InChI=1S/C25H29ClN2O3/c1-2-3-17-31-22-13-9-20(10-14-22)24(29)27-23(18-19-7-11-21(26)12-8-19)25(30)28-15-5-4-6-16-28/h7-14,18H,2-6,15-17H2,1H3,(H,27,29)/b23-18+. The molecule has 1 aliphatic rings. The Morgan fingerprint density at radius 2 is 1.71 bits per heavy atom. The quantitative estimate of drug-likeness (QED) is 0.447. The molecular formula is C25H29ClN2O3. The molecule has 0 bridgehead atoms. The molecule has 1 aliphatic heterocycles. The van der Waals surface area contributed by atoms with Crippen LogP contribution < -0.4 is 10.1 Å². The van der Waals surface area contributed by atoms with Gasteiger partial charge in [0, 0.05) is 23.7 Å². The fourth-order valence-corrected chi connectivity index (χ4v) is 3.50. The first-order valence-electron chi connectivity index (χ1n) is 10.9. The summed E-state index contributed by atoms with van der Waals surface area (Å²) < 4.78 is 5.65. The number of rotatable bonds is 8. The van der Waals surface area contributed by atoms with Crippen molar-refractivity contribution in [3.8, 4) is 5.75 Å². The van der Waals surface area contributed by atoms with E-state index in [0.717, 1.165) is 43.4 Å². The molecule has 0 atom stereocenters. The lowest BCUT2D eigenvalue weighted by Crippen LogP contribution is -2.41. The summed E-state index contributed by atoms with van der Waals surface area (Å²) in [5, 5.41) is 3.44. The largest absolute Gasteiger partial charge is 0.494 e. The SMILES string of the molecule is CCCCOc1ccc(C(=O)N/C(=C/c2ccc(Cl)cc2)C(=O)N2CCCCC2)cc1. The fraction of sp³-hybridized carbons (Fsp3) is 0.360. The molecule has 31 heavy (non-hydrogen) atoms. The number of benzene rings is 2. The van der Waals surface area contributed by atoms with Gasteiger partial charge in [-0.3, -0.25) is 9.59 Å². The molecule has 2 aromatic rings. The number of hydrogen-bond acceptors (Lipinski definition) is 3. The molecule has 2 amide bonds. The molecule has 1 fully saturated rings. The highest BCUT2D eigenvalue weighted by Crippen LogP contribution is 2.17. The molecule has 0 spiro atoms. The highest BCUT2D eigenvalue weighted by Gasteiger charge is 2.22. The number of hydrogen-bond donors (Lipinski definition) is 1. The van der Waals surface area contributed by atoms with Crippen LogP contribution in [0.15, 0.2) is 54.2 Å². The molecule has 3 rings (SSSR count). The van der Waals surface area contributed by atoms with Crippen molar-refractivity contribution >= 4 is 29.5 Å². The summed E-state index contributed by atoms with van der Waals surface area (Å²) >= 11 is 5.97. The number of nitrogens with one attached hydrogen (secondary N) is 1. The molecule has 5 nitrogen and oxygen atoms in total. The van der Waals surface area contributed by atoms with Crippen molar-refractivity contribution in [1.29, 1.82) is 0 Å². The Balaban J connectivity index is 1.76. The van der Waals surface area contributed by atoms with E-state index in [-0.39, 0.29) is 17.5 Å². The number of nitrogens with zero attached hydrogens (tertiary/aromatic N) is 1. The van der Waals surface area contributed by atoms with E-state index in [1.54, 1.807) is 47.4 Å². The normalized spacial score (nSPS) is 14.3. The number of piperidine rings is 1. The van der Waals surface area contributed by atoms with Crippen molar-refractivity contribution in [2.45, 2.75) is 39.0 Å². The third kappa shape index (κ3) is 6.86. The van der Waals surface area contributed by atoms with Crippen molar-refractivity contribution in [2.75, 3.05) is 19.7 Å². The second kappa shape index (κ2) is 11.6. The van der Waals surface area contributed by atoms with Gasteiger partial charge in [-0.15, -0.1) is 0 Å².